The molecule has 0 saturated carbocycles. The molecule has 3 aromatic rings. The highest BCUT2D eigenvalue weighted by Crippen LogP contribution is 2.28. The molecule has 0 spiro atoms. The smallest absolute Gasteiger partial charge is 0.264 e. The monoisotopic (exact) mass is 420 g/mol. The molecule has 0 aliphatic carbocycles. The van der Waals surface area contributed by atoms with Crippen LogP contribution in [0.25, 0.3) is 6.08 Å². The van der Waals surface area contributed by atoms with Gasteiger partial charge in [0.05, 0.1) is 10.6 Å². The first-order valence-corrected chi connectivity index (χ1v) is 10.2. The number of para-hydroxylation sites is 1. The van der Waals surface area contributed by atoms with E-state index in [1.807, 2.05) is 84.9 Å². The molecule has 0 aromatic heterocycles. The van der Waals surface area contributed by atoms with Crippen LogP contribution in [0.3, 0.4) is 0 Å². The second-order valence-electron chi connectivity index (χ2n) is 6.31. The lowest BCUT2D eigenvalue weighted by molar-refractivity contribution is -0.115. The van der Waals surface area contributed by atoms with Gasteiger partial charge in [0, 0.05) is 5.02 Å². The zero-order valence-corrected chi connectivity index (χ0v) is 16.9. The highest BCUT2D eigenvalue weighted by atomic mass is 35.5. The van der Waals surface area contributed by atoms with Gasteiger partial charge in [0.2, 0.25) is 0 Å². The fourth-order valence-corrected chi connectivity index (χ4v) is 3.79. The van der Waals surface area contributed by atoms with E-state index in [0.717, 1.165) is 22.6 Å². The standard InChI is InChI=1S/C23H17ClN2O2S/c24-18-8-4-7-17(12-18)15-28-20-11-5-6-16(13-20)14-21-22(27)26-23(29-21)25-19-9-2-1-3-10-19/h1-14H,15H2,(H,25,26,27)/b21-14-. The highest BCUT2D eigenvalue weighted by Gasteiger charge is 2.23. The summed E-state index contributed by atoms with van der Waals surface area (Å²) in [4.78, 5) is 17.3. The van der Waals surface area contributed by atoms with E-state index in [2.05, 4.69) is 10.3 Å². The van der Waals surface area contributed by atoms with Crippen LogP contribution < -0.4 is 10.1 Å². The molecule has 29 heavy (non-hydrogen) atoms. The number of rotatable bonds is 5. The molecule has 0 atom stereocenters. The maximum Gasteiger partial charge on any atom is 0.264 e. The third kappa shape index (κ3) is 5.28. The normalized spacial score (nSPS) is 16.2. The topological polar surface area (TPSA) is 50.7 Å². The van der Waals surface area contributed by atoms with Crippen LogP contribution in [-0.4, -0.2) is 11.1 Å². The predicted molar refractivity (Wildman–Crippen MR) is 119 cm³/mol. The average molecular weight is 421 g/mol. The lowest BCUT2D eigenvalue weighted by Crippen LogP contribution is -2.19. The average Bonchev–Trinajstić information content (AvgIpc) is 3.06. The number of carbonyl (C=O) groups excluding carboxylic acids is 1. The number of benzene rings is 3. The van der Waals surface area contributed by atoms with Crippen LogP contribution in [0.15, 0.2) is 88.8 Å². The minimum absolute atomic E-state index is 0.157. The molecule has 4 nitrogen and oxygen atoms in total. The zero-order valence-electron chi connectivity index (χ0n) is 15.3. The number of thioether (sulfide) groups is 1. The quantitative estimate of drug-likeness (QED) is 0.530. The minimum Gasteiger partial charge on any atom is -0.489 e. The number of hydrogen-bond acceptors (Lipinski definition) is 4. The Labute approximate surface area is 178 Å². The Hall–Kier alpha value is -3.02. The van der Waals surface area contributed by atoms with Gasteiger partial charge < -0.3 is 10.1 Å². The van der Waals surface area contributed by atoms with Crippen molar-refractivity contribution in [3.63, 3.8) is 0 Å². The molecular formula is C23H17ClN2O2S. The molecule has 4 rings (SSSR count). The summed E-state index contributed by atoms with van der Waals surface area (Å²) in [5.74, 6) is 0.566. The van der Waals surface area contributed by atoms with Crippen LogP contribution in [0.5, 0.6) is 5.75 Å². The molecule has 3 aromatic carbocycles. The Morgan fingerprint density at radius 1 is 1.00 bits per heavy atom. The largest absolute Gasteiger partial charge is 0.489 e. The summed E-state index contributed by atoms with van der Waals surface area (Å²) in [6, 6.07) is 24.7. The predicted octanol–water partition coefficient (Wildman–Crippen LogP) is 5.81. The van der Waals surface area contributed by atoms with Crippen molar-refractivity contribution in [2.75, 3.05) is 0 Å². The van der Waals surface area contributed by atoms with Gasteiger partial charge in [-0.25, -0.2) is 4.99 Å². The number of amidine groups is 1. The number of ether oxygens (including phenoxy) is 1. The lowest BCUT2D eigenvalue weighted by atomic mass is 10.2. The Bertz CT molecular complexity index is 1100. The summed E-state index contributed by atoms with van der Waals surface area (Å²) >= 11 is 7.33. The summed E-state index contributed by atoms with van der Waals surface area (Å²) in [5, 5.41) is 4.05. The van der Waals surface area contributed by atoms with E-state index in [0.29, 0.717) is 21.7 Å². The number of nitrogens with one attached hydrogen (secondary N) is 1. The molecule has 0 radical (unpaired) electrons. The molecule has 6 heteroatoms. The van der Waals surface area contributed by atoms with Gasteiger partial charge in [0.15, 0.2) is 5.17 Å². The highest BCUT2D eigenvalue weighted by molar-refractivity contribution is 8.18. The van der Waals surface area contributed by atoms with Crippen molar-refractivity contribution in [3.05, 3.63) is 99.9 Å². The van der Waals surface area contributed by atoms with Gasteiger partial charge in [-0.3, -0.25) is 4.79 Å². The van der Waals surface area contributed by atoms with Gasteiger partial charge in [-0.1, -0.05) is 54.1 Å². The first-order chi connectivity index (χ1) is 14.2. The van der Waals surface area contributed by atoms with Crippen LogP contribution >= 0.6 is 23.4 Å². The minimum atomic E-state index is -0.157. The Morgan fingerprint density at radius 3 is 2.66 bits per heavy atom. The van der Waals surface area contributed by atoms with E-state index in [1.165, 1.54) is 11.8 Å². The van der Waals surface area contributed by atoms with Gasteiger partial charge >= 0.3 is 0 Å². The number of halogens is 1. The first kappa shape index (κ1) is 19.3. The number of hydrogen-bond donors (Lipinski definition) is 1. The van der Waals surface area contributed by atoms with Crippen LogP contribution in [0.2, 0.25) is 5.02 Å². The Balaban J connectivity index is 1.46. The molecule has 1 saturated heterocycles. The van der Waals surface area contributed by atoms with E-state index < -0.39 is 0 Å². The van der Waals surface area contributed by atoms with Gasteiger partial charge in [-0.2, -0.15) is 0 Å². The van der Waals surface area contributed by atoms with E-state index >= 15 is 0 Å². The zero-order chi connectivity index (χ0) is 20.1. The van der Waals surface area contributed by atoms with E-state index in [-0.39, 0.29) is 5.91 Å². The molecular weight excluding hydrogens is 404 g/mol. The van der Waals surface area contributed by atoms with Crippen LogP contribution in [0, 0.1) is 0 Å². The number of amides is 1. The lowest BCUT2D eigenvalue weighted by Gasteiger charge is -2.07. The number of carbonyl (C=O) groups is 1. The molecule has 1 N–H and O–H groups in total. The van der Waals surface area contributed by atoms with Gasteiger partial charge in [-0.05, 0) is 65.4 Å². The Morgan fingerprint density at radius 2 is 1.83 bits per heavy atom. The second-order valence-corrected chi connectivity index (χ2v) is 7.78. The van der Waals surface area contributed by atoms with Crippen molar-refractivity contribution in [1.82, 2.24) is 5.32 Å². The first-order valence-electron chi connectivity index (χ1n) is 8.98. The molecule has 1 aliphatic heterocycles. The number of aliphatic imine (C=N–C) groups is 1. The molecule has 0 bridgehead atoms. The summed E-state index contributed by atoms with van der Waals surface area (Å²) < 4.78 is 5.86. The van der Waals surface area contributed by atoms with E-state index in [9.17, 15) is 4.79 Å². The summed E-state index contributed by atoms with van der Waals surface area (Å²) in [5.41, 5.74) is 2.67. The number of nitrogens with zero attached hydrogens (tertiary/aromatic N) is 1. The van der Waals surface area contributed by atoms with Crippen LogP contribution in [0.4, 0.5) is 5.69 Å². The van der Waals surface area contributed by atoms with E-state index in [1.54, 1.807) is 0 Å². The third-order valence-corrected chi connectivity index (χ3v) is 5.23. The van der Waals surface area contributed by atoms with Gasteiger partial charge in [-0.15, -0.1) is 0 Å². The summed E-state index contributed by atoms with van der Waals surface area (Å²) in [6.45, 7) is 0.420. The van der Waals surface area contributed by atoms with Crippen molar-refractivity contribution < 1.29 is 9.53 Å². The maximum absolute atomic E-state index is 12.3. The summed E-state index contributed by atoms with van der Waals surface area (Å²) in [7, 11) is 0. The fraction of sp³-hybridized carbons (Fsp3) is 0.0435. The molecule has 1 fully saturated rings. The van der Waals surface area contributed by atoms with Crippen molar-refractivity contribution >= 4 is 46.2 Å². The van der Waals surface area contributed by atoms with Crippen LogP contribution in [-0.2, 0) is 11.4 Å². The maximum atomic E-state index is 12.3. The van der Waals surface area contributed by atoms with Crippen molar-refractivity contribution in [3.8, 4) is 5.75 Å². The van der Waals surface area contributed by atoms with Crippen molar-refractivity contribution in [2.45, 2.75) is 6.61 Å². The fourth-order valence-electron chi connectivity index (χ4n) is 2.74. The van der Waals surface area contributed by atoms with E-state index in [4.69, 9.17) is 16.3 Å². The molecule has 1 amide bonds. The summed E-state index contributed by atoms with van der Waals surface area (Å²) in [6.07, 6.45) is 1.83. The molecule has 144 valence electrons. The van der Waals surface area contributed by atoms with Gasteiger partial charge in [0.25, 0.3) is 5.91 Å². The van der Waals surface area contributed by atoms with Crippen molar-refractivity contribution in [2.24, 2.45) is 4.99 Å². The van der Waals surface area contributed by atoms with Gasteiger partial charge in [0.1, 0.15) is 12.4 Å². The molecule has 1 aliphatic rings. The van der Waals surface area contributed by atoms with Crippen LogP contribution in [0.1, 0.15) is 11.1 Å². The van der Waals surface area contributed by atoms with Crippen molar-refractivity contribution in [1.29, 1.82) is 0 Å². The second kappa shape index (κ2) is 8.99. The Kier molecular flexibility index (Phi) is 5.98. The third-order valence-electron chi connectivity index (χ3n) is 4.09. The molecule has 1 heterocycles. The molecule has 0 unspecified atom stereocenters. The SMILES string of the molecule is O=C1NC(=Nc2ccccc2)S/C1=C\c1cccc(OCc2cccc(Cl)c2)c1.